The zero-order valence-electron chi connectivity index (χ0n) is 65.3. The molecule has 26 nitrogen and oxygen atoms in total. The van der Waals surface area contributed by atoms with E-state index in [1.807, 2.05) is 32.6 Å². The number of carbonyl (C=O) groups excluding carboxylic acids is 3. The molecule has 7 aromatic heterocycles. The number of halogens is 13. The molecule has 3 aliphatic rings. The number of rotatable bonds is 22. The molecule has 1 unspecified atom stereocenters. The van der Waals surface area contributed by atoms with Gasteiger partial charge in [-0.05, 0) is 152 Å². The fourth-order valence-electron chi connectivity index (χ4n) is 12.6. The Morgan fingerprint density at radius 2 is 1.02 bits per heavy atom. The first-order valence-electron chi connectivity index (χ1n) is 36.8. The van der Waals surface area contributed by atoms with Crippen LogP contribution < -0.4 is 19.6 Å². The summed E-state index contributed by atoms with van der Waals surface area (Å²) in [6, 6.07) is 34.9. The Morgan fingerprint density at radius 3 is 1.47 bits per heavy atom. The van der Waals surface area contributed by atoms with Crippen LogP contribution in [0.1, 0.15) is 143 Å². The van der Waals surface area contributed by atoms with E-state index in [-0.39, 0.29) is 43.8 Å². The van der Waals surface area contributed by atoms with Gasteiger partial charge in [0, 0.05) is 63.6 Å². The number of sulfonamides is 3. The van der Waals surface area contributed by atoms with Gasteiger partial charge in [0.25, 0.3) is 0 Å². The molecule has 16 rings (SSSR count). The molecule has 45 heteroatoms. The number of aromatic nitrogens is 11. The molecule has 0 bridgehead atoms. The van der Waals surface area contributed by atoms with Gasteiger partial charge in [0.15, 0.2) is 35.0 Å². The molecule has 2 aliphatic heterocycles. The van der Waals surface area contributed by atoms with E-state index >= 15 is 13.2 Å². The summed E-state index contributed by atoms with van der Waals surface area (Å²) in [4.78, 5) is 63.6. The number of pyridine rings is 3. The van der Waals surface area contributed by atoms with Crippen LogP contribution in [0.5, 0.6) is 0 Å². The molecule has 9 heterocycles. The number of fused-ring (bicyclic) bond motifs is 3. The van der Waals surface area contributed by atoms with E-state index in [0.29, 0.717) is 77.5 Å². The number of ketones is 3. The van der Waals surface area contributed by atoms with Crippen molar-refractivity contribution < 1.29 is 94.4 Å². The SMILES string of the molecule is CC1(C)OB(c2cnc3n[nH]c(C(=O)c4c(F)ccc(NS(=O)(=O)Cc5ccccc5)c4F)c3c2)OC1(C)C.CI.O=C(c1c(F)ccc(NS(=O)(=O)Cc2ccccc2)c1F)c1n[nH]c2cnc(-c3cnc(C4CC4)nc3)cc12.O=C(c1c(F)ccc(NS(=O)(=O)Cc2ccccc2)c1F)c1nn(C2CCCCO2)c2ncc(Br)cc12.[I][V]([I])[I].[I][V][I]. The van der Waals surface area contributed by atoms with Crippen molar-refractivity contribution in [1.82, 2.24) is 55.1 Å². The molecule has 1 atom stereocenters. The van der Waals surface area contributed by atoms with Crippen molar-refractivity contribution in [2.75, 3.05) is 25.7 Å². The van der Waals surface area contributed by atoms with Crippen molar-refractivity contribution in [2.45, 2.75) is 100 Å². The Kier molecular flexibility index (Phi) is 34.7. The summed E-state index contributed by atoms with van der Waals surface area (Å²) >= 11 is 17.6. The average Bonchev–Trinajstić information content (AvgIpc) is 1.62. The molecule has 0 radical (unpaired) electrons. The maximum absolute atomic E-state index is 15.5. The Bertz CT molecular complexity index is 6420. The fourth-order valence-corrected chi connectivity index (χ4v) is 16.5. The average molecular weight is 2570 g/mol. The van der Waals surface area contributed by atoms with Gasteiger partial charge >= 0.3 is 121 Å². The zero-order chi connectivity index (χ0) is 89.8. The third-order valence-electron chi connectivity index (χ3n) is 19.3. The molecule has 5 N–H and O–H groups in total. The van der Waals surface area contributed by atoms with Crippen molar-refractivity contribution in [3.8, 4) is 11.3 Å². The zero-order valence-corrected chi connectivity index (χ0v) is 85.1. The van der Waals surface area contributed by atoms with Crippen LogP contribution in [-0.2, 0) is 75.8 Å². The number of hydrogen-bond donors (Lipinski definition) is 5. The topological polar surface area (TPSA) is 357 Å². The molecule has 6 aromatic carbocycles. The molecule has 3 fully saturated rings. The number of hydrogen-bond acceptors (Lipinski definition) is 20. The fraction of sp³-hybridized carbons (Fsp3) is 0.228. The summed E-state index contributed by atoms with van der Waals surface area (Å²) < 4.78 is 193. The Morgan fingerprint density at radius 1 is 0.556 bits per heavy atom. The second kappa shape index (κ2) is 43.7. The first-order valence-corrected chi connectivity index (χ1v) is 67.2. The molecule has 649 valence electrons. The molecule has 0 amide bonds. The molecule has 1 saturated carbocycles. The van der Waals surface area contributed by atoms with Crippen LogP contribution in [0.3, 0.4) is 0 Å². The third kappa shape index (κ3) is 25.0. The monoisotopic (exact) mass is 2570 g/mol. The summed E-state index contributed by atoms with van der Waals surface area (Å²) in [5.74, 6) is -10.8. The van der Waals surface area contributed by atoms with Gasteiger partial charge in [-0.3, -0.25) is 43.7 Å². The predicted octanol–water partition coefficient (Wildman–Crippen LogP) is 19.3. The van der Waals surface area contributed by atoms with Crippen molar-refractivity contribution >= 4 is 248 Å². The van der Waals surface area contributed by atoms with Gasteiger partial charge < -0.3 is 14.0 Å². The number of nitrogens with zero attached hydrogens (tertiary/aromatic N) is 9. The number of H-pyrrole nitrogens is 2. The van der Waals surface area contributed by atoms with Crippen LogP contribution in [0, 0.1) is 34.9 Å². The van der Waals surface area contributed by atoms with Crippen molar-refractivity contribution in [3.63, 3.8) is 0 Å². The molecule has 13 aromatic rings. The van der Waals surface area contributed by atoms with Gasteiger partial charge in [0.05, 0.1) is 85.0 Å². The number of aromatic amines is 2. The second-order valence-electron chi connectivity index (χ2n) is 28.4. The minimum atomic E-state index is -4.07. The molecule has 0 spiro atoms. The van der Waals surface area contributed by atoms with Gasteiger partial charge in [-0.25, -0.2) is 76.2 Å². The second-order valence-corrected chi connectivity index (χ2v) is 81.6. The third-order valence-corrected chi connectivity index (χ3v) is 23.4. The van der Waals surface area contributed by atoms with Crippen LogP contribution in [0.25, 0.3) is 44.2 Å². The summed E-state index contributed by atoms with van der Waals surface area (Å²) in [6.45, 7) is 8.06. The van der Waals surface area contributed by atoms with Gasteiger partial charge in [-0.1, -0.05) is 114 Å². The van der Waals surface area contributed by atoms with Crippen LogP contribution in [-0.4, -0.2) is 128 Å². The first-order chi connectivity index (χ1) is 58.9. The summed E-state index contributed by atoms with van der Waals surface area (Å²) in [6.07, 6.45) is 11.8. The van der Waals surface area contributed by atoms with Gasteiger partial charge in [0.1, 0.15) is 40.4 Å². The van der Waals surface area contributed by atoms with E-state index in [1.54, 1.807) is 122 Å². The maximum atomic E-state index is 15.5. The van der Waals surface area contributed by atoms with E-state index in [9.17, 15) is 52.8 Å². The van der Waals surface area contributed by atoms with E-state index in [0.717, 1.165) is 67.9 Å². The van der Waals surface area contributed by atoms with Crippen LogP contribution >= 0.6 is 138 Å². The van der Waals surface area contributed by atoms with Crippen LogP contribution in [0.4, 0.5) is 43.4 Å². The molecular formula is C79H69BBrF6I6N14O12S3V2. The minimum absolute atomic E-state index is 0.138. The number of benzene rings is 6. The van der Waals surface area contributed by atoms with Gasteiger partial charge in [-0.15, -0.1) is 0 Å². The quantitative estimate of drug-likeness (QED) is 0.0138. The van der Waals surface area contributed by atoms with E-state index < -0.39 is 158 Å². The van der Waals surface area contributed by atoms with E-state index in [1.165, 1.54) is 23.3 Å². The number of anilines is 3. The molecule has 1 aliphatic carbocycles. The summed E-state index contributed by atoms with van der Waals surface area (Å²) in [5, 5.41) is 18.2. The van der Waals surface area contributed by atoms with E-state index in [2.05, 4.69) is 203 Å². The molecule has 2 saturated heterocycles. The van der Waals surface area contributed by atoms with Crippen molar-refractivity contribution in [3.05, 3.63) is 272 Å². The Hall–Kier alpha value is -5.93. The normalized spacial score (nSPS) is 14.7. The van der Waals surface area contributed by atoms with Gasteiger partial charge in [0.2, 0.25) is 47.4 Å². The van der Waals surface area contributed by atoms with E-state index in [4.69, 9.17) is 14.0 Å². The standard InChI is InChI=1S/C27H20F2N6O3S.C26H25BF2N4O5S.C25H21BrF2N4O4S.CH3I.5HI.2V/c28-19-8-9-20(35-39(37,38)14-15-4-2-1-3-5-15)24(29)23(19)26(36)25-18-10-21(30-13-22(18)33-34-25)17-11-31-27(32-12-17)16-6-7-16;1-25(2)26(3,4)38-27(37-25)16-12-17-22(31-32-24(17)30-13-16)23(34)20-18(28)10-11-19(21(20)29)33-39(35,36)14-15-8-6-5-7-9-15;26-16-12-17-23(30-32(25(17)29-13-16)20-8-4-5-11-36-20)24(33)21-18(27)9-10-19(22(21)28)31-37(34,35)14-15-6-2-1-3-7-15;1-2;;;;;;;/h1-5,8-13,16,35H,6-7,14H2,(H,33,34);5-13,33H,14H2,1-4H3,(H,30,31,32);1-3,6-7,9-10,12-13,20,31H,4-5,8,11,14H2;1H3;5*1H;;/q;;;;;;;;;+2;+3/p-5. The predicted molar refractivity (Wildman–Crippen MR) is 508 cm³/mol. The van der Waals surface area contributed by atoms with Crippen LogP contribution in [0.2, 0.25) is 0 Å². The number of carbonyl (C=O) groups is 3. The van der Waals surface area contributed by atoms with Gasteiger partial charge in [-0.2, -0.15) is 15.3 Å². The van der Waals surface area contributed by atoms with Crippen molar-refractivity contribution in [1.29, 1.82) is 0 Å². The Labute approximate surface area is 797 Å². The summed E-state index contributed by atoms with van der Waals surface area (Å²) in [5.41, 5.74) is -2.57. The Balaban J connectivity index is 0.000000172. The molecular weight excluding hydrogens is 2500 g/mol. The van der Waals surface area contributed by atoms with Crippen LogP contribution in [0.15, 0.2) is 181 Å². The first kappa shape index (κ1) is 98.7. The number of alkyl halides is 1. The summed E-state index contributed by atoms with van der Waals surface area (Å²) in [7, 11) is -12.4. The van der Waals surface area contributed by atoms with Crippen molar-refractivity contribution in [2.24, 2.45) is 0 Å². The number of ether oxygens (including phenoxy) is 1. The molecule has 124 heavy (non-hydrogen) atoms. The number of nitrogens with one attached hydrogen (secondary N) is 5.